The molecule has 0 unspecified atom stereocenters. The Balaban J connectivity index is 1.79. The Morgan fingerprint density at radius 1 is 1.12 bits per heavy atom. The van der Waals surface area contributed by atoms with E-state index in [0.29, 0.717) is 10.7 Å². The van der Waals surface area contributed by atoms with Gasteiger partial charge in [0.15, 0.2) is 10.9 Å². The maximum absolute atomic E-state index is 12.9. The maximum atomic E-state index is 12.9. The topological polar surface area (TPSA) is 54.9 Å². The van der Waals surface area contributed by atoms with E-state index in [-0.39, 0.29) is 17.4 Å². The number of Topliss-reactive ketones (excluding diaryl/α,β-unsaturated/α-hetero) is 1. The molecule has 3 rings (SSSR count). The van der Waals surface area contributed by atoms with E-state index in [1.165, 1.54) is 36.0 Å². The first kappa shape index (κ1) is 16.4. The predicted octanol–water partition coefficient (Wildman–Crippen LogP) is 4.18. The number of carbonyl (C=O) groups is 1. The van der Waals surface area contributed by atoms with Crippen LogP contribution in [-0.4, -0.2) is 28.0 Å². The van der Waals surface area contributed by atoms with Crippen molar-refractivity contribution >= 4 is 34.3 Å². The molecule has 0 saturated carbocycles. The van der Waals surface area contributed by atoms with Crippen LogP contribution in [0.25, 0.3) is 10.9 Å². The fourth-order valence-electron chi connectivity index (χ4n) is 2.27. The summed E-state index contributed by atoms with van der Waals surface area (Å²) >= 11 is 1.28. The van der Waals surface area contributed by atoms with E-state index < -0.39 is 0 Å². The van der Waals surface area contributed by atoms with Crippen molar-refractivity contribution in [3.63, 3.8) is 0 Å². The first-order valence-corrected chi connectivity index (χ1v) is 8.58. The average molecular weight is 341 g/mol. The molecule has 1 aromatic heterocycles. The van der Waals surface area contributed by atoms with Gasteiger partial charge in [0.05, 0.1) is 11.3 Å². The number of hydrogen-bond donors (Lipinski definition) is 1. The molecule has 24 heavy (non-hydrogen) atoms. The summed E-state index contributed by atoms with van der Waals surface area (Å²) in [6.07, 6.45) is 0. The number of halogens is 1. The number of carbonyl (C=O) groups excluding carboxylic acids is 1. The third-order valence-electron chi connectivity index (χ3n) is 3.43. The van der Waals surface area contributed by atoms with Crippen molar-refractivity contribution in [2.75, 3.05) is 17.6 Å². The molecule has 0 atom stereocenters. The second-order valence-corrected chi connectivity index (χ2v) is 6.06. The molecule has 0 radical (unpaired) electrons. The van der Waals surface area contributed by atoms with Crippen LogP contribution in [0.3, 0.4) is 0 Å². The van der Waals surface area contributed by atoms with Crippen molar-refractivity contribution in [1.29, 1.82) is 0 Å². The molecule has 0 bridgehead atoms. The molecule has 0 fully saturated rings. The van der Waals surface area contributed by atoms with Crippen molar-refractivity contribution in [2.45, 2.75) is 12.1 Å². The van der Waals surface area contributed by atoms with E-state index in [2.05, 4.69) is 15.3 Å². The van der Waals surface area contributed by atoms with Crippen molar-refractivity contribution in [1.82, 2.24) is 9.97 Å². The molecule has 0 aliphatic carbocycles. The summed E-state index contributed by atoms with van der Waals surface area (Å²) in [5, 5.41) is 4.72. The number of thioether (sulfide) groups is 1. The molecule has 0 amide bonds. The maximum Gasteiger partial charge on any atom is 0.190 e. The highest BCUT2D eigenvalue weighted by molar-refractivity contribution is 7.99. The van der Waals surface area contributed by atoms with Gasteiger partial charge in [-0.3, -0.25) is 4.79 Å². The molecule has 122 valence electrons. The molecule has 6 heteroatoms. The summed E-state index contributed by atoms with van der Waals surface area (Å²) in [5.41, 5.74) is 1.32. The molecule has 1 N–H and O–H groups in total. The Bertz CT molecular complexity index is 868. The second kappa shape index (κ2) is 7.40. The monoisotopic (exact) mass is 341 g/mol. The molecule has 0 spiro atoms. The van der Waals surface area contributed by atoms with Crippen molar-refractivity contribution < 1.29 is 9.18 Å². The largest absolute Gasteiger partial charge is 0.370 e. The van der Waals surface area contributed by atoms with Crippen LogP contribution in [0.2, 0.25) is 0 Å². The van der Waals surface area contributed by atoms with Crippen LogP contribution >= 0.6 is 11.8 Å². The number of ketones is 1. The molecular formula is C18H16FN3OS. The number of fused-ring (bicyclic) bond motifs is 1. The van der Waals surface area contributed by atoms with Gasteiger partial charge in [0.2, 0.25) is 0 Å². The second-order valence-electron chi connectivity index (χ2n) is 5.12. The predicted molar refractivity (Wildman–Crippen MR) is 95.2 cm³/mol. The van der Waals surface area contributed by atoms with Gasteiger partial charge in [0, 0.05) is 17.5 Å². The van der Waals surface area contributed by atoms with Crippen LogP contribution in [0.5, 0.6) is 0 Å². The minimum absolute atomic E-state index is 0.0817. The zero-order chi connectivity index (χ0) is 16.9. The standard InChI is InChI=1S/C18H16FN3OS/c1-2-20-17-14-5-3-4-6-15(14)21-18(22-17)24-11-16(23)12-7-9-13(19)10-8-12/h3-10H,2,11H2,1H3,(H,20,21,22). The van der Waals surface area contributed by atoms with Crippen LogP contribution in [-0.2, 0) is 0 Å². The third kappa shape index (κ3) is 3.71. The first-order chi connectivity index (χ1) is 11.7. The van der Waals surface area contributed by atoms with Gasteiger partial charge in [-0.2, -0.15) is 0 Å². The van der Waals surface area contributed by atoms with Crippen LogP contribution < -0.4 is 5.32 Å². The van der Waals surface area contributed by atoms with E-state index in [1.807, 2.05) is 31.2 Å². The Labute approximate surface area is 143 Å². The molecule has 4 nitrogen and oxygen atoms in total. The molecule has 0 aliphatic rings. The van der Waals surface area contributed by atoms with Gasteiger partial charge in [0.25, 0.3) is 0 Å². The quantitative estimate of drug-likeness (QED) is 0.414. The van der Waals surface area contributed by atoms with Gasteiger partial charge < -0.3 is 5.32 Å². The Morgan fingerprint density at radius 2 is 1.88 bits per heavy atom. The highest BCUT2D eigenvalue weighted by Crippen LogP contribution is 2.24. The number of anilines is 1. The van der Waals surface area contributed by atoms with Crippen molar-refractivity contribution in [3.8, 4) is 0 Å². The number of hydrogen-bond acceptors (Lipinski definition) is 5. The molecule has 1 heterocycles. The molecule has 3 aromatic rings. The van der Waals surface area contributed by atoms with Crippen LogP contribution in [0, 0.1) is 5.82 Å². The van der Waals surface area contributed by atoms with E-state index in [0.717, 1.165) is 23.3 Å². The van der Waals surface area contributed by atoms with Crippen LogP contribution in [0.4, 0.5) is 10.2 Å². The minimum atomic E-state index is -0.354. The Hall–Kier alpha value is -2.47. The number of nitrogens with zero attached hydrogens (tertiary/aromatic N) is 2. The first-order valence-electron chi connectivity index (χ1n) is 7.59. The third-order valence-corrected chi connectivity index (χ3v) is 4.27. The van der Waals surface area contributed by atoms with Gasteiger partial charge in [-0.15, -0.1) is 0 Å². The average Bonchev–Trinajstić information content (AvgIpc) is 2.60. The lowest BCUT2D eigenvalue weighted by molar-refractivity contribution is 0.102. The van der Waals surface area contributed by atoms with Crippen LogP contribution in [0.1, 0.15) is 17.3 Å². The highest BCUT2D eigenvalue weighted by atomic mass is 32.2. The van der Waals surface area contributed by atoms with E-state index in [1.54, 1.807) is 0 Å². The van der Waals surface area contributed by atoms with Gasteiger partial charge in [-0.25, -0.2) is 14.4 Å². The number of nitrogens with one attached hydrogen (secondary N) is 1. The highest BCUT2D eigenvalue weighted by Gasteiger charge is 2.11. The SMILES string of the molecule is CCNc1nc(SCC(=O)c2ccc(F)cc2)nc2ccccc12. The van der Waals surface area contributed by atoms with Gasteiger partial charge in [0.1, 0.15) is 11.6 Å². The van der Waals surface area contributed by atoms with E-state index >= 15 is 0 Å². The minimum Gasteiger partial charge on any atom is -0.370 e. The summed E-state index contributed by atoms with van der Waals surface area (Å²) in [6, 6.07) is 13.3. The zero-order valence-corrected chi connectivity index (χ0v) is 13.9. The zero-order valence-electron chi connectivity index (χ0n) is 13.1. The lowest BCUT2D eigenvalue weighted by Crippen LogP contribution is -2.05. The van der Waals surface area contributed by atoms with E-state index in [4.69, 9.17) is 0 Å². The van der Waals surface area contributed by atoms with Gasteiger partial charge >= 0.3 is 0 Å². The lowest BCUT2D eigenvalue weighted by atomic mass is 10.1. The molecular weight excluding hydrogens is 325 g/mol. The molecule has 0 saturated heterocycles. The van der Waals surface area contributed by atoms with Crippen molar-refractivity contribution in [3.05, 3.63) is 59.9 Å². The number of para-hydroxylation sites is 1. The fraction of sp³-hybridized carbons (Fsp3) is 0.167. The molecule has 0 aliphatic heterocycles. The summed E-state index contributed by atoms with van der Waals surface area (Å²) in [7, 11) is 0. The van der Waals surface area contributed by atoms with Crippen LogP contribution in [0.15, 0.2) is 53.7 Å². The summed E-state index contributed by atoms with van der Waals surface area (Å²) in [6.45, 7) is 2.75. The summed E-state index contributed by atoms with van der Waals surface area (Å²) in [5.74, 6) is 0.532. The van der Waals surface area contributed by atoms with Gasteiger partial charge in [-0.05, 0) is 43.3 Å². The Kier molecular flexibility index (Phi) is 5.05. The number of benzene rings is 2. The summed E-state index contributed by atoms with van der Waals surface area (Å²) in [4.78, 5) is 21.2. The summed E-state index contributed by atoms with van der Waals surface area (Å²) < 4.78 is 12.9. The fourth-order valence-corrected chi connectivity index (χ4v) is 3.02. The Morgan fingerprint density at radius 3 is 2.62 bits per heavy atom. The lowest BCUT2D eigenvalue weighted by Gasteiger charge is -2.09. The number of aromatic nitrogens is 2. The van der Waals surface area contributed by atoms with Gasteiger partial charge in [-0.1, -0.05) is 23.9 Å². The van der Waals surface area contributed by atoms with E-state index in [9.17, 15) is 9.18 Å². The molecule has 2 aromatic carbocycles. The van der Waals surface area contributed by atoms with Crippen molar-refractivity contribution in [2.24, 2.45) is 0 Å². The number of rotatable bonds is 6. The smallest absolute Gasteiger partial charge is 0.190 e. The normalized spacial score (nSPS) is 10.8.